The second-order valence-electron chi connectivity index (χ2n) is 4.29. The molecule has 20 heavy (non-hydrogen) atoms. The fraction of sp³-hybridized carbons (Fsp3) is 0.250. The van der Waals surface area contributed by atoms with Crippen molar-refractivity contribution in [2.75, 3.05) is 24.4 Å². The number of nitrogens with one attached hydrogen (secondary N) is 1. The number of benzene rings is 1. The van der Waals surface area contributed by atoms with Gasteiger partial charge in [0.05, 0.1) is 0 Å². The van der Waals surface area contributed by atoms with Crippen LogP contribution < -0.4 is 20.9 Å². The number of nitrogens with two attached hydrogens (primary N) is 1. The highest BCUT2D eigenvalue weighted by Crippen LogP contribution is 2.27. The lowest BCUT2D eigenvalue weighted by Gasteiger charge is -2.13. The van der Waals surface area contributed by atoms with Gasteiger partial charge in [0.2, 0.25) is 11.9 Å². The van der Waals surface area contributed by atoms with Gasteiger partial charge in [-0.25, -0.2) is 5.84 Å². The molecule has 1 aromatic carbocycles. The van der Waals surface area contributed by atoms with Gasteiger partial charge in [-0.1, -0.05) is 17.7 Å². The van der Waals surface area contributed by atoms with Gasteiger partial charge in [0.1, 0.15) is 5.75 Å². The summed E-state index contributed by atoms with van der Waals surface area (Å²) in [7, 11) is 3.62. The monoisotopic (exact) mass is 294 g/mol. The molecular weight excluding hydrogens is 280 g/mol. The number of nitrogen functional groups attached to an aromatic ring is 1. The molecule has 1 aromatic heterocycles. The molecule has 1 heterocycles. The van der Waals surface area contributed by atoms with E-state index in [-0.39, 0.29) is 12.0 Å². The number of rotatable bonds is 4. The van der Waals surface area contributed by atoms with Gasteiger partial charge in [0.25, 0.3) is 0 Å². The molecular formula is C12H15ClN6O. The van der Waals surface area contributed by atoms with Gasteiger partial charge in [-0.3, -0.25) is 5.43 Å². The average Bonchev–Trinajstić information content (AvgIpc) is 2.42. The van der Waals surface area contributed by atoms with Crippen molar-refractivity contribution in [1.82, 2.24) is 15.0 Å². The summed E-state index contributed by atoms with van der Waals surface area (Å²) in [6.07, 6.45) is 0. The third kappa shape index (κ3) is 3.25. The molecule has 2 rings (SSSR count). The number of anilines is 2. The lowest BCUT2D eigenvalue weighted by Crippen LogP contribution is -2.17. The fourth-order valence-corrected chi connectivity index (χ4v) is 1.60. The number of halogens is 1. The number of hydrazine groups is 1. The summed E-state index contributed by atoms with van der Waals surface area (Å²) in [5.41, 5.74) is 3.30. The van der Waals surface area contributed by atoms with Gasteiger partial charge in [0.15, 0.2) is 0 Å². The van der Waals surface area contributed by atoms with Crippen LogP contribution in [0.3, 0.4) is 0 Å². The molecule has 3 N–H and O–H groups in total. The van der Waals surface area contributed by atoms with Crippen LogP contribution in [0.5, 0.6) is 11.8 Å². The van der Waals surface area contributed by atoms with Gasteiger partial charge >= 0.3 is 6.01 Å². The fourth-order valence-electron chi connectivity index (χ4n) is 1.44. The summed E-state index contributed by atoms with van der Waals surface area (Å²) < 4.78 is 5.65. The highest BCUT2D eigenvalue weighted by atomic mass is 35.5. The molecule has 0 saturated heterocycles. The Hall–Kier alpha value is -2.12. The first-order valence-corrected chi connectivity index (χ1v) is 6.21. The molecule has 0 amide bonds. The molecule has 0 fully saturated rings. The first-order chi connectivity index (χ1) is 9.49. The lowest BCUT2D eigenvalue weighted by atomic mass is 10.2. The lowest BCUT2D eigenvalue weighted by molar-refractivity contribution is 0.437. The summed E-state index contributed by atoms with van der Waals surface area (Å²) in [4.78, 5) is 14.1. The molecule has 0 unspecified atom stereocenters. The van der Waals surface area contributed by atoms with Crippen LogP contribution in [0.1, 0.15) is 5.56 Å². The van der Waals surface area contributed by atoms with Crippen molar-refractivity contribution in [2.45, 2.75) is 6.92 Å². The third-order valence-electron chi connectivity index (χ3n) is 2.48. The van der Waals surface area contributed by atoms with E-state index in [1.165, 1.54) is 0 Å². The first-order valence-electron chi connectivity index (χ1n) is 5.83. The highest BCUT2D eigenvalue weighted by molar-refractivity contribution is 6.30. The Kier molecular flexibility index (Phi) is 4.21. The molecule has 0 aliphatic rings. The van der Waals surface area contributed by atoms with Crippen LogP contribution >= 0.6 is 11.6 Å². The molecule has 0 aliphatic carbocycles. The average molecular weight is 295 g/mol. The number of hydrogen-bond donors (Lipinski definition) is 2. The Bertz CT molecular complexity index is 619. The summed E-state index contributed by atoms with van der Waals surface area (Å²) in [5.74, 6) is 6.57. The van der Waals surface area contributed by atoms with E-state index in [1.807, 2.05) is 27.1 Å². The van der Waals surface area contributed by atoms with Crippen LogP contribution in [0.2, 0.25) is 5.02 Å². The minimum atomic E-state index is 0.141. The predicted molar refractivity (Wildman–Crippen MR) is 78.2 cm³/mol. The second-order valence-corrected chi connectivity index (χ2v) is 4.73. The zero-order valence-corrected chi connectivity index (χ0v) is 12.1. The Labute approximate surface area is 121 Å². The Balaban J connectivity index is 2.37. The molecule has 7 nitrogen and oxygen atoms in total. The van der Waals surface area contributed by atoms with E-state index in [1.54, 1.807) is 17.0 Å². The van der Waals surface area contributed by atoms with E-state index < -0.39 is 0 Å². The Morgan fingerprint density at radius 1 is 1.25 bits per heavy atom. The molecule has 0 bridgehead atoms. The smallest absolute Gasteiger partial charge is 0.328 e. The van der Waals surface area contributed by atoms with Gasteiger partial charge in [-0.05, 0) is 24.6 Å². The number of nitrogens with zero attached hydrogens (tertiary/aromatic N) is 4. The largest absolute Gasteiger partial charge is 0.424 e. The van der Waals surface area contributed by atoms with Crippen molar-refractivity contribution in [3.63, 3.8) is 0 Å². The van der Waals surface area contributed by atoms with Crippen molar-refractivity contribution in [2.24, 2.45) is 5.84 Å². The normalized spacial score (nSPS) is 10.2. The Morgan fingerprint density at radius 2 is 2.00 bits per heavy atom. The van der Waals surface area contributed by atoms with Crippen molar-refractivity contribution >= 4 is 23.5 Å². The van der Waals surface area contributed by atoms with Gasteiger partial charge < -0.3 is 9.64 Å². The van der Waals surface area contributed by atoms with Crippen LogP contribution in [0.4, 0.5) is 11.9 Å². The SMILES string of the molecule is Cc1ccc(Cl)cc1Oc1nc(NN)nc(N(C)C)n1. The topological polar surface area (TPSA) is 89.2 Å². The quantitative estimate of drug-likeness (QED) is 0.658. The summed E-state index contributed by atoms with van der Waals surface area (Å²) in [6.45, 7) is 1.90. The van der Waals surface area contributed by atoms with Crippen LogP contribution in [0.25, 0.3) is 0 Å². The van der Waals surface area contributed by atoms with E-state index in [4.69, 9.17) is 22.2 Å². The van der Waals surface area contributed by atoms with Gasteiger partial charge in [0, 0.05) is 19.1 Å². The number of aryl methyl sites for hydroxylation is 1. The van der Waals surface area contributed by atoms with Crippen LogP contribution in [-0.4, -0.2) is 29.0 Å². The molecule has 106 valence electrons. The van der Waals surface area contributed by atoms with Crippen molar-refractivity contribution in [3.8, 4) is 11.8 Å². The van der Waals surface area contributed by atoms with Crippen LogP contribution in [-0.2, 0) is 0 Å². The molecule has 2 aromatic rings. The van der Waals surface area contributed by atoms with Crippen molar-refractivity contribution < 1.29 is 4.74 Å². The van der Waals surface area contributed by atoms with Gasteiger partial charge in [-0.2, -0.15) is 15.0 Å². The number of aromatic nitrogens is 3. The standard InChI is InChI=1S/C12H15ClN6O/c1-7-4-5-8(13)6-9(7)20-12-16-10(18-14)15-11(17-12)19(2)3/h4-6H,14H2,1-3H3,(H,15,16,17,18). The molecule has 0 atom stereocenters. The van der Waals surface area contributed by atoms with E-state index >= 15 is 0 Å². The molecule has 0 aliphatic heterocycles. The van der Waals surface area contributed by atoms with Gasteiger partial charge in [-0.15, -0.1) is 0 Å². The second kappa shape index (κ2) is 5.89. The zero-order chi connectivity index (χ0) is 14.7. The highest BCUT2D eigenvalue weighted by Gasteiger charge is 2.11. The minimum absolute atomic E-state index is 0.141. The Morgan fingerprint density at radius 3 is 2.65 bits per heavy atom. The molecule has 0 saturated carbocycles. The summed E-state index contributed by atoms with van der Waals surface area (Å²) >= 11 is 5.95. The van der Waals surface area contributed by atoms with Crippen LogP contribution in [0, 0.1) is 6.92 Å². The predicted octanol–water partition coefficient (Wildman–Crippen LogP) is 1.98. The molecule has 0 spiro atoms. The number of hydrogen-bond acceptors (Lipinski definition) is 7. The molecule has 0 radical (unpaired) electrons. The minimum Gasteiger partial charge on any atom is -0.424 e. The maximum Gasteiger partial charge on any atom is 0.328 e. The van der Waals surface area contributed by atoms with Crippen molar-refractivity contribution in [3.05, 3.63) is 28.8 Å². The van der Waals surface area contributed by atoms with E-state index in [0.29, 0.717) is 16.7 Å². The molecule has 8 heteroatoms. The summed E-state index contributed by atoms with van der Waals surface area (Å²) in [6, 6.07) is 5.48. The maximum atomic E-state index is 5.95. The maximum absolute atomic E-state index is 5.95. The summed E-state index contributed by atoms with van der Waals surface area (Å²) in [5, 5.41) is 0.574. The first kappa shape index (κ1) is 14.3. The number of ether oxygens (including phenoxy) is 1. The van der Waals surface area contributed by atoms with Crippen LogP contribution in [0.15, 0.2) is 18.2 Å². The third-order valence-corrected chi connectivity index (χ3v) is 2.72. The van der Waals surface area contributed by atoms with E-state index in [2.05, 4.69) is 20.4 Å². The van der Waals surface area contributed by atoms with E-state index in [9.17, 15) is 0 Å². The zero-order valence-electron chi connectivity index (χ0n) is 11.4. The van der Waals surface area contributed by atoms with Crippen molar-refractivity contribution in [1.29, 1.82) is 0 Å². The van der Waals surface area contributed by atoms with E-state index in [0.717, 1.165) is 5.56 Å².